The van der Waals surface area contributed by atoms with E-state index >= 15 is 0 Å². The Morgan fingerprint density at radius 2 is 2.10 bits per heavy atom. The van der Waals surface area contributed by atoms with Crippen molar-refractivity contribution in [2.24, 2.45) is 0 Å². The van der Waals surface area contributed by atoms with Crippen LogP contribution < -0.4 is 5.32 Å². The molecule has 1 aliphatic rings. The van der Waals surface area contributed by atoms with Gasteiger partial charge in [-0.15, -0.1) is 0 Å². The van der Waals surface area contributed by atoms with Crippen molar-refractivity contribution in [1.82, 2.24) is 14.9 Å². The number of hydrogen-bond acceptors (Lipinski definition) is 2. The standard InChI is InChI=1S/C18H25N3/c1-3-4-5-15-6-8-16(9-7-15)21-14-20-12-17(21)18(2)10-11-19-13-18/h6-9,12,14,19H,3-5,10-11,13H2,1-2H3. The first-order valence-corrected chi connectivity index (χ1v) is 8.06. The molecule has 2 heterocycles. The summed E-state index contributed by atoms with van der Waals surface area (Å²) in [7, 11) is 0. The van der Waals surface area contributed by atoms with Crippen LogP contribution in [0.4, 0.5) is 0 Å². The first-order valence-electron chi connectivity index (χ1n) is 8.06. The summed E-state index contributed by atoms with van der Waals surface area (Å²) in [5, 5.41) is 3.47. The lowest BCUT2D eigenvalue weighted by atomic mass is 9.86. The van der Waals surface area contributed by atoms with Crippen LogP contribution >= 0.6 is 0 Å². The first-order chi connectivity index (χ1) is 10.2. The molecule has 112 valence electrons. The zero-order valence-corrected chi connectivity index (χ0v) is 13.1. The number of rotatable bonds is 5. The van der Waals surface area contributed by atoms with Gasteiger partial charge in [-0.3, -0.25) is 0 Å². The second-order valence-corrected chi connectivity index (χ2v) is 6.41. The Kier molecular flexibility index (Phi) is 4.11. The number of nitrogens with one attached hydrogen (secondary N) is 1. The van der Waals surface area contributed by atoms with E-state index in [-0.39, 0.29) is 5.41 Å². The third kappa shape index (κ3) is 2.88. The van der Waals surface area contributed by atoms with E-state index in [1.807, 2.05) is 12.5 Å². The van der Waals surface area contributed by atoms with Crippen LogP contribution in [0.5, 0.6) is 0 Å². The van der Waals surface area contributed by atoms with Crippen LogP contribution in [-0.4, -0.2) is 22.6 Å². The topological polar surface area (TPSA) is 29.9 Å². The molecule has 1 aromatic carbocycles. The molecule has 1 aliphatic heterocycles. The molecule has 0 bridgehead atoms. The van der Waals surface area contributed by atoms with Crippen molar-refractivity contribution in [1.29, 1.82) is 0 Å². The lowest BCUT2D eigenvalue weighted by molar-refractivity contribution is 0.499. The summed E-state index contributed by atoms with van der Waals surface area (Å²) in [5.74, 6) is 0. The minimum Gasteiger partial charge on any atom is -0.316 e. The van der Waals surface area contributed by atoms with Crippen molar-refractivity contribution in [3.05, 3.63) is 48.0 Å². The molecule has 1 unspecified atom stereocenters. The highest BCUT2D eigenvalue weighted by Crippen LogP contribution is 2.31. The van der Waals surface area contributed by atoms with Gasteiger partial charge in [0.2, 0.25) is 0 Å². The third-order valence-corrected chi connectivity index (χ3v) is 4.66. The Bertz CT molecular complexity index is 577. The second-order valence-electron chi connectivity index (χ2n) is 6.41. The van der Waals surface area contributed by atoms with E-state index in [4.69, 9.17) is 0 Å². The van der Waals surface area contributed by atoms with Crippen molar-refractivity contribution in [3.8, 4) is 5.69 Å². The minimum atomic E-state index is 0.192. The summed E-state index contributed by atoms with van der Waals surface area (Å²) in [4.78, 5) is 4.40. The van der Waals surface area contributed by atoms with Gasteiger partial charge in [-0.1, -0.05) is 32.4 Å². The predicted molar refractivity (Wildman–Crippen MR) is 87.0 cm³/mol. The van der Waals surface area contributed by atoms with E-state index < -0.39 is 0 Å². The van der Waals surface area contributed by atoms with Crippen LogP contribution in [0.2, 0.25) is 0 Å². The Hall–Kier alpha value is -1.61. The van der Waals surface area contributed by atoms with Gasteiger partial charge in [0.15, 0.2) is 0 Å². The molecule has 0 radical (unpaired) electrons. The molecule has 3 nitrogen and oxygen atoms in total. The molecular weight excluding hydrogens is 258 g/mol. The summed E-state index contributed by atoms with van der Waals surface area (Å²) in [6.07, 6.45) is 8.83. The number of aromatic nitrogens is 2. The van der Waals surface area contributed by atoms with E-state index in [9.17, 15) is 0 Å². The van der Waals surface area contributed by atoms with Gasteiger partial charge < -0.3 is 9.88 Å². The van der Waals surface area contributed by atoms with E-state index in [1.165, 1.54) is 42.6 Å². The van der Waals surface area contributed by atoms with E-state index in [0.29, 0.717) is 0 Å². The highest BCUT2D eigenvalue weighted by Gasteiger charge is 2.33. The maximum Gasteiger partial charge on any atom is 0.0994 e. The average molecular weight is 283 g/mol. The summed E-state index contributed by atoms with van der Waals surface area (Å²) in [6.45, 7) is 6.70. The van der Waals surface area contributed by atoms with Crippen LogP contribution in [0.1, 0.15) is 44.4 Å². The average Bonchev–Trinajstić information content (AvgIpc) is 3.15. The van der Waals surface area contributed by atoms with Gasteiger partial charge in [0.25, 0.3) is 0 Å². The van der Waals surface area contributed by atoms with Crippen molar-refractivity contribution < 1.29 is 0 Å². The van der Waals surface area contributed by atoms with Gasteiger partial charge in [-0.05, 0) is 43.5 Å². The SMILES string of the molecule is CCCCc1ccc(-n2cncc2C2(C)CCNC2)cc1. The third-order valence-electron chi connectivity index (χ3n) is 4.66. The molecule has 3 rings (SSSR count). The van der Waals surface area contributed by atoms with Crippen LogP contribution in [0.15, 0.2) is 36.8 Å². The van der Waals surface area contributed by atoms with Gasteiger partial charge in [0.05, 0.1) is 6.33 Å². The first kappa shape index (κ1) is 14.3. The second kappa shape index (κ2) is 6.02. The Labute approximate surface area is 127 Å². The molecule has 3 heteroatoms. The molecular formula is C18H25N3. The lowest BCUT2D eigenvalue weighted by Gasteiger charge is -2.24. The number of aryl methyl sites for hydroxylation is 1. The van der Waals surface area contributed by atoms with Gasteiger partial charge in [0, 0.05) is 29.5 Å². The number of benzene rings is 1. The predicted octanol–water partition coefficient (Wildman–Crippen LogP) is 3.47. The number of hydrogen-bond donors (Lipinski definition) is 1. The maximum absolute atomic E-state index is 4.40. The van der Waals surface area contributed by atoms with Gasteiger partial charge in [0.1, 0.15) is 0 Å². The Morgan fingerprint density at radius 3 is 2.76 bits per heavy atom. The van der Waals surface area contributed by atoms with Crippen LogP contribution in [0, 0.1) is 0 Å². The number of imidazole rings is 1. The number of unbranched alkanes of at least 4 members (excludes halogenated alkanes) is 1. The highest BCUT2D eigenvalue weighted by atomic mass is 15.1. The zero-order valence-electron chi connectivity index (χ0n) is 13.1. The van der Waals surface area contributed by atoms with E-state index in [1.54, 1.807) is 0 Å². The van der Waals surface area contributed by atoms with Gasteiger partial charge >= 0.3 is 0 Å². The van der Waals surface area contributed by atoms with Crippen LogP contribution in [0.3, 0.4) is 0 Å². The van der Waals surface area contributed by atoms with Gasteiger partial charge in [-0.2, -0.15) is 0 Å². The molecule has 1 saturated heterocycles. The van der Waals surface area contributed by atoms with Crippen LogP contribution in [0.25, 0.3) is 5.69 Å². The highest BCUT2D eigenvalue weighted by molar-refractivity contribution is 5.38. The normalized spacial score (nSPS) is 21.8. The van der Waals surface area contributed by atoms with E-state index in [2.05, 4.69) is 53.0 Å². The Balaban J connectivity index is 1.86. The molecule has 1 fully saturated rings. The molecule has 2 aromatic rings. The van der Waals surface area contributed by atoms with Crippen molar-refractivity contribution >= 4 is 0 Å². The quantitative estimate of drug-likeness (QED) is 0.910. The van der Waals surface area contributed by atoms with Crippen LogP contribution in [-0.2, 0) is 11.8 Å². The van der Waals surface area contributed by atoms with Gasteiger partial charge in [-0.25, -0.2) is 4.98 Å². The molecule has 0 saturated carbocycles. The molecule has 0 spiro atoms. The monoisotopic (exact) mass is 283 g/mol. The molecule has 0 aliphatic carbocycles. The number of nitrogens with zero attached hydrogens (tertiary/aromatic N) is 2. The maximum atomic E-state index is 4.40. The largest absolute Gasteiger partial charge is 0.316 e. The summed E-state index contributed by atoms with van der Waals surface area (Å²) in [6, 6.07) is 8.96. The zero-order chi connectivity index (χ0) is 14.7. The van der Waals surface area contributed by atoms with Crippen molar-refractivity contribution in [2.45, 2.75) is 44.9 Å². The summed E-state index contributed by atoms with van der Waals surface area (Å²) in [5.41, 5.74) is 4.15. The molecule has 1 aromatic heterocycles. The lowest BCUT2D eigenvalue weighted by Crippen LogP contribution is -2.27. The fourth-order valence-electron chi connectivity index (χ4n) is 3.19. The van der Waals surface area contributed by atoms with Crippen molar-refractivity contribution in [3.63, 3.8) is 0 Å². The van der Waals surface area contributed by atoms with E-state index in [0.717, 1.165) is 13.1 Å². The molecule has 1 N–H and O–H groups in total. The fraction of sp³-hybridized carbons (Fsp3) is 0.500. The molecule has 1 atom stereocenters. The summed E-state index contributed by atoms with van der Waals surface area (Å²) < 4.78 is 2.25. The molecule has 21 heavy (non-hydrogen) atoms. The minimum absolute atomic E-state index is 0.192. The fourth-order valence-corrected chi connectivity index (χ4v) is 3.19. The molecule has 0 amide bonds. The smallest absolute Gasteiger partial charge is 0.0994 e. The van der Waals surface area contributed by atoms with Crippen molar-refractivity contribution in [2.75, 3.05) is 13.1 Å². The Morgan fingerprint density at radius 1 is 1.29 bits per heavy atom. The summed E-state index contributed by atoms with van der Waals surface area (Å²) >= 11 is 0.